The van der Waals surface area contributed by atoms with E-state index >= 15 is 0 Å². The third-order valence-corrected chi connectivity index (χ3v) is 6.01. The molecule has 1 unspecified atom stereocenters. The van der Waals surface area contributed by atoms with Crippen LogP contribution >= 0.6 is 0 Å². The summed E-state index contributed by atoms with van der Waals surface area (Å²) in [5.41, 5.74) is -1.03. The molecular formula is C25H28N3O5+. The maximum absolute atomic E-state index is 13.3. The number of anilines is 1. The number of nitrogens with one attached hydrogen (secondary N) is 1. The van der Waals surface area contributed by atoms with Gasteiger partial charge in [-0.3, -0.25) is 4.79 Å². The number of rotatable bonds is 7. The zero-order valence-electron chi connectivity index (χ0n) is 18.7. The van der Waals surface area contributed by atoms with Crippen molar-refractivity contribution >= 4 is 17.7 Å². The molecule has 172 valence electrons. The molecule has 1 saturated heterocycles. The van der Waals surface area contributed by atoms with Gasteiger partial charge in [0.15, 0.2) is 18.5 Å². The van der Waals surface area contributed by atoms with Crippen LogP contribution in [0, 0.1) is 6.92 Å². The van der Waals surface area contributed by atoms with Gasteiger partial charge in [0.25, 0.3) is 5.91 Å². The summed E-state index contributed by atoms with van der Waals surface area (Å²) in [7, 11) is 1.95. The predicted molar refractivity (Wildman–Crippen MR) is 121 cm³/mol. The first-order valence-corrected chi connectivity index (χ1v) is 10.9. The molecule has 33 heavy (non-hydrogen) atoms. The van der Waals surface area contributed by atoms with Crippen LogP contribution in [0.25, 0.3) is 0 Å². The summed E-state index contributed by atoms with van der Waals surface area (Å²) in [4.78, 5) is 25.8. The van der Waals surface area contributed by atoms with Gasteiger partial charge in [-0.1, -0.05) is 65.8 Å². The lowest BCUT2D eigenvalue weighted by Crippen LogP contribution is -2.48. The maximum atomic E-state index is 13.3. The van der Waals surface area contributed by atoms with Crippen LogP contribution < -0.4 is 5.32 Å². The van der Waals surface area contributed by atoms with Gasteiger partial charge >= 0.3 is 5.97 Å². The SMILES string of the molecule is Cc1cc(NC(=O)C[N@+]2(C)CCC(OC(=O)C(O)(c3ccccc3)c3ccccc3)C2)no1. The van der Waals surface area contributed by atoms with E-state index < -0.39 is 17.7 Å². The van der Waals surface area contributed by atoms with Gasteiger partial charge in [-0.05, 0) is 18.1 Å². The van der Waals surface area contributed by atoms with Crippen molar-refractivity contribution in [2.24, 2.45) is 0 Å². The summed E-state index contributed by atoms with van der Waals surface area (Å²) in [5, 5.41) is 18.1. The summed E-state index contributed by atoms with van der Waals surface area (Å²) < 4.78 is 11.2. The number of aryl methyl sites for hydroxylation is 1. The zero-order chi connectivity index (χ0) is 23.5. The fraction of sp³-hybridized carbons (Fsp3) is 0.320. The van der Waals surface area contributed by atoms with E-state index in [1.807, 2.05) is 19.2 Å². The molecule has 2 aromatic carbocycles. The highest BCUT2D eigenvalue weighted by atomic mass is 16.6. The van der Waals surface area contributed by atoms with Crippen LogP contribution in [0.1, 0.15) is 23.3 Å². The van der Waals surface area contributed by atoms with Crippen LogP contribution in [0.2, 0.25) is 0 Å². The number of aromatic nitrogens is 1. The number of esters is 1. The lowest BCUT2D eigenvalue weighted by atomic mass is 9.86. The van der Waals surface area contributed by atoms with Crippen molar-refractivity contribution < 1.29 is 28.4 Å². The van der Waals surface area contributed by atoms with Gasteiger partial charge in [-0.15, -0.1) is 0 Å². The molecule has 2 heterocycles. The second kappa shape index (κ2) is 9.17. The van der Waals surface area contributed by atoms with Crippen LogP contribution in [-0.2, 0) is 19.9 Å². The summed E-state index contributed by atoms with van der Waals surface area (Å²) in [6.07, 6.45) is 0.182. The van der Waals surface area contributed by atoms with Crippen LogP contribution in [0.5, 0.6) is 0 Å². The number of hydrogen-bond acceptors (Lipinski definition) is 6. The molecule has 1 amide bonds. The third kappa shape index (κ3) is 4.97. The van der Waals surface area contributed by atoms with Gasteiger partial charge in [0, 0.05) is 12.5 Å². The predicted octanol–water partition coefficient (Wildman–Crippen LogP) is 2.62. The van der Waals surface area contributed by atoms with E-state index in [0.717, 1.165) is 0 Å². The number of ether oxygens (including phenoxy) is 1. The van der Waals surface area contributed by atoms with Gasteiger partial charge < -0.3 is 24.2 Å². The van der Waals surface area contributed by atoms with Crippen molar-refractivity contribution in [3.8, 4) is 0 Å². The summed E-state index contributed by atoms with van der Waals surface area (Å²) in [5.74, 6) is 0.0777. The molecule has 2 N–H and O–H groups in total. The van der Waals surface area contributed by atoms with E-state index in [-0.39, 0.29) is 12.5 Å². The molecule has 0 saturated carbocycles. The lowest BCUT2D eigenvalue weighted by molar-refractivity contribution is -0.890. The minimum absolute atomic E-state index is 0.192. The van der Waals surface area contributed by atoms with Gasteiger partial charge in [0.05, 0.1) is 13.6 Å². The number of quaternary nitrogens is 1. The Bertz CT molecular complexity index is 1080. The number of likely N-dealkylation sites (N-methyl/N-ethyl adjacent to an activating group) is 1. The van der Waals surface area contributed by atoms with Crippen molar-refractivity contribution in [1.82, 2.24) is 5.16 Å². The topological polar surface area (TPSA) is 102 Å². The number of likely N-dealkylation sites (tertiary alicyclic amines) is 1. The average molecular weight is 451 g/mol. The lowest BCUT2D eigenvalue weighted by Gasteiger charge is -2.30. The first-order valence-electron chi connectivity index (χ1n) is 10.9. The molecule has 0 aliphatic carbocycles. The second-order valence-corrected chi connectivity index (χ2v) is 8.81. The first-order chi connectivity index (χ1) is 15.8. The number of aliphatic hydroxyl groups is 1. The molecule has 1 fully saturated rings. The molecule has 4 rings (SSSR count). The Hall–Kier alpha value is -3.49. The minimum Gasteiger partial charge on any atom is -0.453 e. The summed E-state index contributed by atoms with van der Waals surface area (Å²) in [6.45, 7) is 3.10. The smallest absolute Gasteiger partial charge is 0.348 e. The van der Waals surface area contributed by atoms with E-state index in [0.29, 0.717) is 46.7 Å². The van der Waals surface area contributed by atoms with E-state index in [1.165, 1.54) is 0 Å². The van der Waals surface area contributed by atoms with Crippen molar-refractivity contribution in [2.75, 3.05) is 32.0 Å². The van der Waals surface area contributed by atoms with E-state index in [9.17, 15) is 14.7 Å². The molecule has 8 nitrogen and oxygen atoms in total. The van der Waals surface area contributed by atoms with Gasteiger partial charge in [-0.2, -0.15) is 0 Å². The van der Waals surface area contributed by atoms with Crippen molar-refractivity contribution in [3.05, 3.63) is 83.6 Å². The number of benzene rings is 2. The van der Waals surface area contributed by atoms with Crippen LogP contribution in [-0.4, -0.2) is 59.4 Å². The fourth-order valence-corrected chi connectivity index (χ4v) is 4.32. The monoisotopic (exact) mass is 450 g/mol. The number of nitrogens with zero attached hydrogens (tertiary/aromatic N) is 2. The quantitative estimate of drug-likeness (QED) is 0.424. The second-order valence-electron chi connectivity index (χ2n) is 8.81. The zero-order valence-corrected chi connectivity index (χ0v) is 18.7. The third-order valence-electron chi connectivity index (χ3n) is 6.01. The largest absolute Gasteiger partial charge is 0.453 e. The van der Waals surface area contributed by atoms with E-state index in [4.69, 9.17) is 9.26 Å². The normalized spacial score (nSPS) is 20.4. The van der Waals surface area contributed by atoms with Crippen molar-refractivity contribution in [1.29, 1.82) is 0 Å². The Balaban J connectivity index is 1.44. The molecule has 1 aliphatic rings. The number of carbonyl (C=O) groups is 2. The Morgan fingerprint density at radius 1 is 1.15 bits per heavy atom. The average Bonchev–Trinajstić information content (AvgIpc) is 3.38. The molecule has 0 spiro atoms. The first kappa shape index (κ1) is 22.7. The van der Waals surface area contributed by atoms with Gasteiger partial charge in [-0.25, -0.2) is 4.79 Å². The molecule has 0 radical (unpaired) electrons. The van der Waals surface area contributed by atoms with Gasteiger partial charge in [0.2, 0.25) is 5.60 Å². The Morgan fingerprint density at radius 3 is 2.30 bits per heavy atom. The fourth-order valence-electron chi connectivity index (χ4n) is 4.32. The van der Waals surface area contributed by atoms with Crippen molar-refractivity contribution in [2.45, 2.75) is 25.0 Å². The van der Waals surface area contributed by atoms with E-state index in [2.05, 4.69) is 10.5 Å². The number of hydrogen-bond donors (Lipinski definition) is 2. The van der Waals surface area contributed by atoms with Crippen LogP contribution in [0.15, 0.2) is 71.3 Å². The number of amides is 1. The Labute approximate surface area is 192 Å². The highest BCUT2D eigenvalue weighted by Crippen LogP contribution is 2.32. The highest BCUT2D eigenvalue weighted by Gasteiger charge is 2.45. The van der Waals surface area contributed by atoms with Crippen LogP contribution in [0.4, 0.5) is 5.82 Å². The molecule has 2 atom stereocenters. The molecule has 1 aromatic heterocycles. The molecule has 3 aromatic rings. The molecular weight excluding hydrogens is 422 g/mol. The Morgan fingerprint density at radius 2 is 1.76 bits per heavy atom. The number of carbonyl (C=O) groups excluding carboxylic acids is 2. The standard InChI is InChI=1S/C25H27N3O5/c1-18-15-22(27-33-18)26-23(29)17-28(2)14-13-21(16-28)32-24(30)25(31,19-9-5-3-6-10-19)20-11-7-4-8-12-20/h3-12,15,21,31H,13-14,16-17H2,1-2H3/p+1/t21?,28-/m1/s1. The maximum Gasteiger partial charge on any atom is 0.348 e. The highest BCUT2D eigenvalue weighted by molar-refractivity contribution is 5.90. The Kier molecular flexibility index (Phi) is 6.31. The van der Waals surface area contributed by atoms with Gasteiger partial charge in [0.1, 0.15) is 12.3 Å². The molecule has 0 bridgehead atoms. The van der Waals surface area contributed by atoms with Crippen LogP contribution in [0.3, 0.4) is 0 Å². The molecule has 1 aliphatic heterocycles. The minimum atomic E-state index is -1.92. The van der Waals surface area contributed by atoms with E-state index in [1.54, 1.807) is 61.5 Å². The molecule has 8 heteroatoms. The van der Waals surface area contributed by atoms with Crippen molar-refractivity contribution in [3.63, 3.8) is 0 Å². The summed E-state index contributed by atoms with van der Waals surface area (Å²) in [6, 6.07) is 19.2. The summed E-state index contributed by atoms with van der Waals surface area (Å²) >= 11 is 0.